The highest BCUT2D eigenvalue weighted by atomic mass is 16.3. The fourth-order valence-corrected chi connectivity index (χ4v) is 7.92. The minimum absolute atomic E-state index is 0.832. The smallest absolute Gasteiger partial charge is 0.137 e. The van der Waals surface area contributed by atoms with Crippen LogP contribution >= 0.6 is 0 Å². The van der Waals surface area contributed by atoms with Crippen LogP contribution in [0.1, 0.15) is 0 Å². The van der Waals surface area contributed by atoms with Gasteiger partial charge in [0, 0.05) is 22.3 Å². The van der Waals surface area contributed by atoms with Gasteiger partial charge in [-0.1, -0.05) is 164 Å². The molecule has 9 aromatic carbocycles. The van der Waals surface area contributed by atoms with Crippen LogP contribution in [0.3, 0.4) is 0 Å². The Hall–Kier alpha value is -7.68. The molecule has 0 radical (unpaired) electrons. The zero-order chi connectivity index (χ0) is 38.7. The van der Waals surface area contributed by atoms with Crippen LogP contribution < -0.4 is 4.90 Å². The van der Waals surface area contributed by atoms with Crippen LogP contribution in [0.25, 0.3) is 77.9 Å². The molecule has 10 aromatic rings. The van der Waals surface area contributed by atoms with Crippen molar-refractivity contribution >= 4 is 28.0 Å². The number of nitrogens with zero attached hydrogens (tertiary/aromatic N) is 1. The van der Waals surface area contributed by atoms with Crippen LogP contribution in [0.2, 0.25) is 0 Å². The van der Waals surface area contributed by atoms with Gasteiger partial charge in [0.25, 0.3) is 0 Å². The molecule has 0 N–H and O–H groups in total. The quantitative estimate of drug-likeness (QED) is 0.146. The van der Waals surface area contributed by atoms with Crippen molar-refractivity contribution in [3.63, 3.8) is 0 Å². The van der Waals surface area contributed by atoms with Crippen LogP contribution in [0.5, 0.6) is 0 Å². The third-order valence-corrected chi connectivity index (χ3v) is 10.9. The van der Waals surface area contributed by atoms with Crippen LogP contribution in [-0.4, -0.2) is 0 Å². The summed E-state index contributed by atoms with van der Waals surface area (Å²) in [4.78, 5) is 2.34. The molecule has 274 valence electrons. The number of benzene rings is 9. The molecule has 0 atom stereocenters. The fourth-order valence-electron chi connectivity index (χ4n) is 7.92. The molecule has 1 heterocycles. The summed E-state index contributed by atoms with van der Waals surface area (Å²) in [5.74, 6) is 0.832. The topological polar surface area (TPSA) is 16.4 Å². The fraction of sp³-hybridized carbons (Fsp3) is 0. The summed E-state index contributed by atoms with van der Waals surface area (Å²) in [6, 6.07) is 84.2. The van der Waals surface area contributed by atoms with Crippen molar-refractivity contribution < 1.29 is 4.42 Å². The molecular formula is C56H39NO. The SMILES string of the molecule is c1ccc(-c2cccc(-c3ccc(N(c4ccc(-c5cc(-c6ccccc6)cc(-c6ccccc6)c5)cc4)c4ccccc4-c4cc5ccccc5o4)cc3)c2)cc1. The number of para-hydroxylation sites is 2. The highest BCUT2D eigenvalue weighted by Crippen LogP contribution is 2.43. The number of anilines is 3. The normalized spacial score (nSPS) is 11.1. The van der Waals surface area contributed by atoms with E-state index in [1.165, 1.54) is 44.5 Å². The van der Waals surface area contributed by atoms with Gasteiger partial charge in [-0.05, 0) is 128 Å². The molecule has 10 rings (SSSR count). The predicted octanol–water partition coefficient (Wildman–Crippen LogP) is 15.9. The molecule has 0 aliphatic carbocycles. The van der Waals surface area contributed by atoms with Gasteiger partial charge >= 0.3 is 0 Å². The minimum Gasteiger partial charge on any atom is -0.456 e. The van der Waals surface area contributed by atoms with Gasteiger partial charge in [-0.2, -0.15) is 0 Å². The third kappa shape index (κ3) is 7.00. The van der Waals surface area contributed by atoms with E-state index in [4.69, 9.17) is 4.42 Å². The van der Waals surface area contributed by atoms with E-state index in [1.807, 2.05) is 12.1 Å². The van der Waals surface area contributed by atoms with E-state index in [2.05, 4.69) is 229 Å². The molecular weight excluding hydrogens is 703 g/mol. The molecule has 0 saturated carbocycles. The van der Waals surface area contributed by atoms with E-state index in [-0.39, 0.29) is 0 Å². The monoisotopic (exact) mass is 741 g/mol. The van der Waals surface area contributed by atoms with Crippen LogP contribution in [0.15, 0.2) is 241 Å². The van der Waals surface area contributed by atoms with Gasteiger partial charge in [-0.3, -0.25) is 0 Å². The molecule has 0 bridgehead atoms. The van der Waals surface area contributed by atoms with E-state index < -0.39 is 0 Å². The lowest BCUT2D eigenvalue weighted by Gasteiger charge is -2.27. The molecule has 1 aromatic heterocycles. The molecule has 0 saturated heterocycles. The maximum Gasteiger partial charge on any atom is 0.137 e. The average molecular weight is 742 g/mol. The van der Waals surface area contributed by atoms with Crippen molar-refractivity contribution in [2.75, 3.05) is 4.90 Å². The Labute approximate surface area is 339 Å². The van der Waals surface area contributed by atoms with Crippen molar-refractivity contribution in [1.29, 1.82) is 0 Å². The first kappa shape index (κ1) is 34.8. The Morgan fingerprint density at radius 2 is 0.672 bits per heavy atom. The summed E-state index contributed by atoms with van der Waals surface area (Å²) >= 11 is 0. The van der Waals surface area contributed by atoms with Crippen LogP contribution in [0.4, 0.5) is 17.1 Å². The lowest BCUT2D eigenvalue weighted by Crippen LogP contribution is -2.11. The zero-order valence-electron chi connectivity index (χ0n) is 31.9. The van der Waals surface area contributed by atoms with Gasteiger partial charge in [-0.15, -0.1) is 0 Å². The van der Waals surface area contributed by atoms with Crippen molar-refractivity contribution in [2.24, 2.45) is 0 Å². The summed E-state index contributed by atoms with van der Waals surface area (Å²) < 4.78 is 6.49. The zero-order valence-corrected chi connectivity index (χ0v) is 31.9. The number of hydrogen-bond acceptors (Lipinski definition) is 2. The first-order valence-corrected chi connectivity index (χ1v) is 19.7. The second kappa shape index (κ2) is 15.5. The van der Waals surface area contributed by atoms with Crippen molar-refractivity contribution in [1.82, 2.24) is 0 Å². The predicted molar refractivity (Wildman–Crippen MR) is 244 cm³/mol. The molecule has 0 spiro atoms. The Balaban J connectivity index is 1.07. The summed E-state index contributed by atoms with van der Waals surface area (Å²) in [5.41, 5.74) is 16.9. The highest BCUT2D eigenvalue weighted by molar-refractivity contribution is 5.91. The Morgan fingerprint density at radius 3 is 1.21 bits per heavy atom. The molecule has 0 aliphatic rings. The van der Waals surface area contributed by atoms with E-state index in [0.717, 1.165) is 50.5 Å². The maximum atomic E-state index is 6.49. The molecule has 58 heavy (non-hydrogen) atoms. The first-order valence-electron chi connectivity index (χ1n) is 19.7. The van der Waals surface area contributed by atoms with Crippen molar-refractivity contribution in [3.05, 3.63) is 237 Å². The Kier molecular flexibility index (Phi) is 9.27. The second-order valence-corrected chi connectivity index (χ2v) is 14.6. The maximum absolute atomic E-state index is 6.49. The van der Waals surface area contributed by atoms with E-state index >= 15 is 0 Å². The summed E-state index contributed by atoms with van der Waals surface area (Å²) in [6.45, 7) is 0. The van der Waals surface area contributed by atoms with Crippen molar-refractivity contribution in [3.8, 4) is 67.0 Å². The Morgan fingerprint density at radius 1 is 0.276 bits per heavy atom. The lowest BCUT2D eigenvalue weighted by atomic mass is 9.93. The molecule has 0 fully saturated rings. The molecule has 0 unspecified atom stereocenters. The number of fused-ring (bicyclic) bond motifs is 1. The third-order valence-electron chi connectivity index (χ3n) is 10.9. The van der Waals surface area contributed by atoms with Gasteiger partial charge in [0.2, 0.25) is 0 Å². The number of rotatable bonds is 9. The van der Waals surface area contributed by atoms with Crippen LogP contribution in [-0.2, 0) is 0 Å². The first-order chi connectivity index (χ1) is 28.7. The lowest BCUT2D eigenvalue weighted by molar-refractivity contribution is 0.631. The van der Waals surface area contributed by atoms with E-state index in [1.54, 1.807) is 0 Å². The van der Waals surface area contributed by atoms with Gasteiger partial charge in [-0.25, -0.2) is 0 Å². The van der Waals surface area contributed by atoms with Crippen molar-refractivity contribution in [2.45, 2.75) is 0 Å². The van der Waals surface area contributed by atoms with Gasteiger partial charge in [0.15, 0.2) is 0 Å². The molecule has 0 amide bonds. The summed E-state index contributed by atoms with van der Waals surface area (Å²) in [5, 5.41) is 1.08. The van der Waals surface area contributed by atoms with Gasteiger partial charge in [0.1, 0.15) is 11.3 Å². The van der Waals surface area contributed by atoms with E-state index in [0.29, 0.717) is 0 Å². The summed E-state index contributed by atoms with van der Waals surface area (Å²) in [7, 11) is 0. The number of hydrogen-bond donors (Lipinski definition) is 0. The second-order valence-electron chi connectivity index (χ2n) is 14.6. The number of furan rings is 1. The minimum atomic E-state index is 0.832. The van der Waals surface area contributed by atoms with Gasteiger partial charge < -0.3 is 9.32 Å². The van der Waals surface area contributed by atoms with Gasteiger partial charge in [0.05, 0.1) is 5.69 Å². The summed E-state index contributed by atoms with van der Waals surface area (Å²) in [6.07, 6.45) is 0. The molecule has 0 aliphatic heterocycles. The van der Waals surface area contributed by atoms with Crippen LogP contribution in [0, 0.1) is 0 Å². The van der Waals surface area contributed by atoms with E-state index in [9.17, 15) is 0 Å². The largest absolute Gasteiger partial charge is 0.456 e. The standard InChI is InChI=1S/C56H39NO/c1-4-15-40(16-5-1)45-22-14-23-46(35-45)43-27-31-51(32-28-43)57(54-25-12-11-24-53(54)56-39-47-21-10-13-26-55(47)58-56)52-33-29-44(30-34-52)50-37-48(41-17-6-2-7-18-41)36-49(38-50)42-19-8-3-9-20-42/h1-39H. The molecule has 2 heteroatoms. The Bertz CT molecular complexity index is 2880. The average Bonchev–Trinajstić information content (AvgIpc) is 3.75. The highest BCUT2D eigenvalue weighted by Gasteiger charge is 2.20. The molecule has 2 nitrogen and oxygen atoms in total.